The molecule has 2 rings (SSSR count). The van der Waals surface area contributed by atoms with Crippen LogP contribution in [0.1, 0.15) is 36.9 Å². The third-order valence-electron chi connectivity index (χ3n) is 3.30. The molecular formula is C17H20ClN. The Balaban J connectivity index is 2.21. The fraction of sp³-hybridized carbons (Fsp3) is 0.294. The van der Waals surface area contributed by atoms with Gasteiger partial charge < -0.3 is 5.32 Å². The summed E-state index contributed by atoms with van der Waals surface area (Å²) in [6.07, 6.45) is 2.27. The highest BCUT2D eigenvalue weighted by Crippen LogP contribution is 2.27. The molecule has 0 radical (unpaired) electrons. The van der Waals surface area contributed by atoms with Crippen molar-refractivity contribution in [3.05, 3.63) is 64.7 Å². The van der Waals surface area contributed by atoms with E-state index in [1.54, 1.807) is 0 Å². The number of hydrogen-bond donors (Lipinski definition) is 1. The SMILES string of the molecule is CCCC(Nc1ccc(Cl)cc1C)c1ccccc1. The van der Waals surface area contributed by atoms with E-state index in [2.05, 4.69) is 55.6 Å². The lowest BCUT2D eigenvalue weighted by atomic mass is 10.0. The third-order valence-corrected chi connectivity index (χ3v) is 3.53. The first-order valence-corrected chi connectivity index (χ1v) is 7.16. The minimum Gasteiger partial charge on any atom is -0.378 e. The summed E-state index contributed by atoms with van der Waals surface area (Å²) in [5.41, 5.74) is 3.68. The summed E-state index contributed by atoms with van der Waals surface area (Å²) in [6, 6.07) is 16.9. The average Bonchev–Trinajstić information content (AvgIpc) is 2.42. The van der Waals surface area contributed by atoms with E-state index < -0.39 is 0 Å². The van der Waals surface area contributed by atoms with Gasteiger partial charge in [0, 0.05) is 10.7 Å². The topological polar surface area (TPSA) is 12.0 Å². The third kappa shape index (κ3) is 3.74. The van der Waals surface area contributed by atoms with Crippen molar-refractivity contribution in [3.63, 3.8) is 0 Å². The van der Waals surface area contributed by atoms with E-state index in [1.807, 2.05) is 12.1 Å². The van der Waals surface area contributed by atoms with Gasteiger partial charge in [-0.15, -0.1) is 0 Å². The highest BCUT2D eigenvalue weighted by atomic mass is 35.5. The summed E-state index contributed by atoms with van der Waals surface area (Å²) in [5, 5.41) is 4.42. The number of benzene rings is 2. The second-order valence-corrected chi connectivity index (χ2v) is 5.29. The highest BCUT2D eigenvalue weighted by Gasteiger charge is 2.11. The predicted octanol–water partition coefficient (Wildman–Crippen LogP) is 5.60. The van der Waals surface area contributed by atoms with Crippen LogP contribution >= 0.6 is 11.6 Å². The first kappa shape index (κ1) is 14.0. The van der Waals surface area contributed by atoms with Crippen molar-refractivity contribution in [1.29, 1.82) is 0 Å². The van der Waals surface area contributed by atoms with Crippen LogP contribution in [0.3, 0.4) is 0 Å². The molecule has 0 spiro atoms. The highest BCUT2D eigenvalue weighted by molar-refractivity contribution is 6.30. The number of hydrogen-bond acceptors (Lipinski definition) is 1. The van der Waals surface area contributed by atoms with Crippen LogP contribution in [0, 0.1) is 6.92 Å². The Morgan fingerprint density at radius 2 is 1.84 bits per heavy atom. The molecule has 19 heavy (non-hydrogen) atoms. The maximum absolute atomic E-state index is 6.00. The molecule has 2 heteroatoms. The van der Waals surface area contributed by atoms with Gasteiger partial charge in [0.05, 0.1) is 6.04 Å². The van der Waals surface area contributed by atoms with Crippen LogP contribution in [0.2, 0.25) is 5.02 Å². The lowest BCUT2D eigenvalue weighted by Gasteiger charge is -2.21. The first-order valence-electron chi connectivity index (χ1n) is 6.78. The van der Waals surface area contributed by atoms with Gasteiger partial charge in [-0.3, -0.25) is 0 Å². The number of rotatable bonds is 5. The van der Waals surface area contributed by atoms with Crippen LogP contribution in [0.25, 0.3) is 0 Å². The minimum atomic E-state index is 0.353. The normalized spacial score (nSPS) is 12.2. The average molecular weight is 274 g/mol. The molecule has 0 bridgehead atoms. The summed E-state index contributed by atoms with van der Waals surface area (Å²) < 4.78 is 0. The summed E-state index contributed by atoms with van der Waals surface area (Å²) in [4.78, 5) is 0. The molecule has 0 fully saturated rings. The predicted molar refractivity (Wildman–Crippen MR) is 83.9 cm³/mol. The molecule has 0 heterocycles. The van der Waals surface area contributed by atoms with E-state index in [9.17, 15) is 0 Å². The summed E-state index contributed by atoms with van der Waals surface area (Å²) in [6.45, 7) is 4.30. The van der Waals surface area contributed by atoms with Gasteiger partial charge in [-0.25, -0.2) is 0 Å². The fourth-order valence-electron chi connectivity index (χ4n) is 2.27. The number of nitrogens with one attached hydrogen (secondary N) is 1. The molecule has 100 valence electrons. The second-order valence-electron chi connectivity index (χ2n) is 4.86. The molecule has 0 aliphatic carbocycles. The van der Waals surface area contributed by atoms with Gasteiger partial charge in [0.25, 0.3) is 0 Å². The standard InChI is InChI=1S/C17H20ClN/c1-3-7-17(14-8-5-4-6-9-14)19-16-11-10-15(18)12-13(16)2/h4-6,8-12,17,19H,3,7H2,1-2H3. The van der Waals surface area contributed by atoms with Crippen LogP contribution in [-0.4, -0.2) is 0 Å². The van der Waals surface area contributed by atoms with Crippen molar-refractivity contribution in [2.24, 2.45) is 0 Å². The lowest BCUT2D eigenvalue weighted by molar-refractivity contribution is 0.677. The molecule has 2 aromatic carbocycles. The van der Waals surface area contributed by atoms with Crippen LogP contribution in [0.4, 0.5) is 5.69 Å². The summed E-state index contributed by atoms with van der Waals surface area (Å²) >= 11 is 6.00. The largest absolute Gasteiger partial charge is 0.378 e. The molecule has 0 saturated carbocycles. The molecule has 1 unspecified atom stereocenters. The van der Waals surface area contributed by atoms with E-state index in [0.29, 0.717) is 6.04 Å². The molecular weight excluding hydrogens is 254 g/mol. The summed E-state index contributed by atoms with van der Waals surface area (Å²) in [7, 11) is 0. The van der Waals surface area contributed by atoms with E-state index >= 15 is 0 Å². The monoisotopic (exact) mass is 273 g/mol. The van der Waals surface area contributed by atoms with Gasteiger partial charge in [0.15, 0.2) is 0 Å². The molecule has 0 amide bonds. The molecule has 1 atom stereocenters. The molecule has 2 aromatic rings. The smallest absolute Gasteiger partial charge is 0.0513 e. The van der Waals surface area contributed by atoms with Crippen LogP contribution < -0.4 is 5.32 Å². The van der Waals surface area contributed by atoms with E-state index in [-0.39, 0.29) is 0 Å². The van der Waals surface area contributed by atoms with Gasteiger partial charge in [0.2, 0.25) is 0 Å². The van der Waals surface area contributed by atoms with Gasteiger partial charge in [-0.1, -0.05) is 55.3 Å². The Morgan fingerprint density at radius 3 is 2.47 bits per heavy atom. The zero-order valence-corrected chi connectivity index (χ0v) is 12.2. The van der Waals surface area contributed by atoms with Gasteiger partial charge in [-0.2, -0.15) is 0 Å². The Morgan fingerprint density at radius 1 is 1.11 bits per heavy atom. The summed E-state index contributed by atoms with van der Waals surface area (Å²) in [5.74, 6) is 0. The van der Waals surface area contributed by atoms with Crippen molar-refractivity contribution >= 4 is 17.3 Å². The molecule has 0 saturated heterocycles. The Kier molecular flexibility index (Phi) is 4.86. The minimum absolute atomic E-state index is 0.353. The maximum atomic E-state index is 6.00. The zero-order chi connectivity index (χ0) is 13.7. The van der Waals surface area contributed by atoms with E-state index in [4.69, 9.17) is 11.6 Å². The number of aryl methyl sites for hydroxylation is 1. The van der Waals surface area contributed by atoms with Crippen LogP contribution in [-0.2, 0) is 0 Å². The Hall–Kier alpha value is -1.47. The quantitative estimate of drug-likeness (QED) is 0.747. The van der Waals surface area contributed by atoms with Gasteiger partial charge in [0.1, 0.15) is 0 Å². The Labute approximate surface area is 120 Å². The van der Waals surface area contributed by atoms with Crippen LogP contribution in [0.5, 0.6) is 0 Å². The lowest BCUT2D eigenvalue weighted by Crippen LogP contribution is -2.11. The molecule has 0 aliphatic rings. The molecule has 1 nitrogen and oxygen atoms in total. The van der Waals surface area contributed by atoms with Crippen molar-refractivity contribution in [1.82, 2.24) is 0 Å². The van der Waals surface area contributed by atoms with Gasteiger partial charge >= 0.3 is 0 Å². The molecule has 0 aliphatic heterocycles. The number of halogens is 1. The van der Waals surface area contributed by atoms with Crippen molar-refractivity contribution in [2.75, 3.05) is 5.32 Å². The van der Waals surface area contributed by atoms with Crippen molar-refractivity contribution < 1.29 is 0 Å². The van der Waals surface area contributed by atoms with Crippen LogP contribution in [0.15, 0.2) is 48.5 Å². The first-order chi connectivity index (χ1) is 9.20. The van der Waals surface area contributed by atoms with Crippen molar-refractivity contribution in [3.8, 4) is 0 Å². The Bertz CT molecular complexity index is 522. The zero-order valence-electron chi connectivity index (χ0n) is 11.5. The van der Waals surface area contributed by atoms with E-state index in [0.717, 1.165) is 23.6 Å². The van der Waals surface area contributed by atoms with Gasteiger partial charge in [-0.05, 0) is 42.7 Å². The molecule has 1 N–H and O–H groups in total. The second kappa shape index (κ2) is 6.63. The maximum Gasteiger partial charge on any atom is 0.0513 e. The number of anilines is 1. The molecule has 0 aromatic heterocycles. The van der Waals surface area contributed by atoms with E-state index in [1.165, 1.54) is 11.1 Å². The fourth-order valence-corrected chi connectivity index (χ4v) is 2.50. The van der Waals surface area contributed by atoms with Crippen molar-refractivity contribution in [2.45, 2.75) is 32.7 Å².